The number of hydrazine groups is 1. The summed E-state index contributed by atoms with van der Waals surface area (Å²) in [4.78, 5) is 58.3. The third kappa shape index (κ3) is 6.71. The first-order chi connectivity index (χ1) is 20.6. The van der Waals surface area contributed by atoms with E-state index in [2.05, 4.69) is 16.1 Å². The van der Waals surface area contributed by atoms with E-state index >= 15 is 0 Å². The maximum atomic E-state index is 13.6. The van der Waals surface area contributed by atoms with Crippen molar-refractivity contribution in [3.63, 3.8) is 0 Å². The Morgan fingerprint density at radius 2 is 1.77 bits per heavy atom. The van der Waals surface area contributed by atoms with Crippen molar-refractivity contribution in [1.82, 2.24) is 26.1 Å². The van der Waals surface area contributed by atoms with E-state index in [1.807, 2.05) is 37.3 Å². The van der Waals surface area contributed by atoms with Crippen molar-refractivity contribution in [3.8, 4) is 0 Å². The molecule has 1 spiro atoms. The predicted octanol–water partition coefficient (Wildman–Crippen LogP) is 1.79. The molecule has 5 rings (SSSR count). The van der Waals surface area contributed by atoms with Crippen LogP contribution in [0, 0.1) is 5.92 Å². The molecule has 3 amide bonds. The smallest absolute Gasteiger partial charge is 0.345 e. The summed E-state index contributed by atoms with van der Waals surface area (Å²) in [6.07, 6.45) is 3.29. The Bertz CT molecular complexity index is 1420. The number of hydrogen-bond donors (Lipinski definition) is 3. The molecule has 2 fully saturated rings. The highest BCUT2D eigenvalue weighted by Gasteiger charge is 2.44. The van der Waals surface area contributed by atoms with Crippen LogP contribution in [0.3, 0.4) is 0 Å². The van der Waals surface area contributed by atoms with Crippen LogP contribution in [-0.4, -0.2) is 83.8 Å². The molecule has 230 valence electrons. The summed E-state index contributed by atoms with van der Waals surface area (Å²) in [6.45, 7) is 7.69. The molecule has 0 saturated carbocycles. The summed E-state index contributed by atoms with van der Waals surface area (Å²) in [5.41, 5.74) is 3.60. The van der Waals surface area contributed by atoms with Crippen LogP contribution < -0.4 is 16.1 Å². The second kappa shape index (κ2) is 12.8. The number of amides is 3. The summed E-state index contributed by atoms with van der Waals surface area (Å²) in [5.74, 6) is -2.43. The number of fused-ring (bicyclic) bond motifs is 4. The summed E-state index contributed by atoms with van der Waals surface area (Å²) in [5, 5.41) is 7.97. The van der Waals surface area contributed by atoms with Crippen LogP contribution in [0.2, 0.25) is 0 Å². The van der Waals surface area contributed by atoms with Crippen molar-refractivity contribution in [2.45, 2.75) is 70.4 Å². The van der Waals surface area contributed by atoms with Gasteiger partial charge in [0.25, 0.3) is 11.8 Å². The highest BCUT2D eigenvalue weighted by Crippen LogP contribution is 2.25. The first-order valence-corrected chi connectivity index (χ1v) is 14.8. The van der Waals surface area contributed by atoms with Crippen molar-refractivity contribution in [1.29, 1.82) is 0 Å². The maximum absolute atomic E-state index is 13.6. The molecule has 0 radical (unpaired) electrons. The van der Waals surface area contributed by atoms with E-state index < -0.39 is 53.5 Å². The monoisotopic (exact) mass is 593 g/mol. The van der Waals surface area contributed by atoms with E-state index in [-0.39, 0.29) is 19.1 Å². The van der Waals surface area contributed by atoms with Crippen LogP contribution in [0.4, 0.5) is 0 Å². The zero-order valence-corrected chi connectivity index (χ0v) is 24.9. The number of cyclic esters (lactones) is 1. The van der Waals surface area contributed by atoms with Crippen LogP contribution >= 0.6 is 0 Å². The van der Waals surface area contributed by atoms with E-state index in [4.69, 9.17) is 19.2 Å². The van der Waals surface area contributed by atoms with Crippen LogP contribution in [0.15, 0.2) is 36.4 Å². The van der Waals surface area contributed by atoms with Gasteiger partial charge in [0.05, 0.1) is 37.1 Å². The molecule has 5 bridgehead atoms. The minimum Gasteiger partial charge on any atom is -0.450 e. The lowest BCUT2D eigenvalue weighted by Crippen LogP contribution is -2.61. The number of aromatic nitrogens is 1. The minimum absolute atomic E-state index is 0.0847. The molecule has 2 aromatic rings. The van der Waals surface area contributed by atoms with Gasteiger partial charge in [0, 0.05) is 11.9 Å². The number of nitrogens with zero attached hydrogens (tertiary/aromatic N) is 2. The van der Waals surface area contributed by atoms with Gasteiger partial charge >= 0.3 is 5.97 Å². The fourth-order valence-electron chi connectivity index (χ4n) is 5.38. The van der Waals surface area contributed by atoms with E-state index in [0.717, 1.165) is 10.9 Å². The first-order valence-electron chi connectivity index (χ1n) is 14.8. The summed E-state index contributed by atoms with van der Waals surface area (Å²) in [7, 11) is 0. The Morgan fingerprint density at radius 1 is 1.00 bits per heavy atom. The largest absolute Gasteiger partial charge is 0.450 e. The van der Waals surface area contributed by atoms with Crippen molar-refractivity contribution >= 4 is 40.7 Å². The molecule has 5 atom stereocenters. The third-order valence-corrected chi connectivity index (χ3v) is 7.93. The van der Waals surface area contributed by atoms with Crippen LogP contribution in [0.25, 0.3) is 17.0 Å². The summed E-state index contributed by atoms with van der Waals surface area (Å²) < 4.78 is 17.3. The lowest BCUT2D eigenvalue weighted by Gasteiger charge is -2.36. The average molecular weight is 594 g/mol. The molecular formula is C31H39N5O7. The quantitative estimate of drug-likeness (QED) is 0.421. The van der Waals surface area contributed by atoms with Crippen LogP contribution in [0.5, 0.6) is 0 Å². The molecule has 12 heteroatoms. The van der Waals surface area contributed by atoms with Crippen molar-refractivity contribution in [2.75, 3.05) is 26.4 Å². The van der Waals surface area contributed by atoms with Gasteiger partial charge in [0.1, 0.15) is 12.1 Å². The van der Waals surface area contributed by atoms with Gasteiger partial charge in [-0.05, 0) is 56.4 Å². The second-order valence-corrected chi connectivity index (χ2v) is 11.7. The lowest BCUT2D eigenvalue weighted by molar-refractivity contribution is -0.195. The molecule has 1 aromatic heterocycles. The molecule has 1 aromatic carbocycles. The Labute approximate surface area is 250 Å². The fourth-order valence-corrected chi connectivity index (χ4v) is 5.38. The summed E-state index contributed by atoms with van der Waals surface area (Å²) in [6, 6.07) is 7.54. The average Bonchev–Trinajstić information content (AvgIpc) is 3.01. The molecule has 3 aliphatic heterocycles. The zero-order valence-electron chi connectivity index (χ0n) is 24.9. The Kier molecular flexibility index (Phi) is 9.09. The van der Waals surface area contributed by atoms with Gasteiger partial charge in [-0.15, -0.1) is 0 Å². The molecule has 12 nitrogen and oxygen atoms in total. The lowest BCUT2D eigenvalue weighted by atomic mass is 10.0. The number of carbonyl (C=O) groups excluding carboxylic acids is 4. The predicted molar refractivity (Wildman–Crippen MR) is 157 cm³/mol. The molecule has 2 saturated heterocycles. The van der Waals surface area contributed by atoms with Crippen molar-refractivity contribution in [2.24, 2.45) is 5.92 Å². The summed E-state index contributed by atoms with van der Waals surface area (Å²) >= 11 is 0. The van der Waals surface area contributed by atoms with E-state index in [0.29, 0.717) is 37.2 Å². The zero-order chi connectivity index (χ0) is 30.7. The molecule has 4 unspecified atom stereocenters. The number of pyridine rings is 1. The topological polar surface area (TPSA) is 148 Å². The van der Waals surface area contributed by atoms with E-state index in [1.165, 1.54) is 5.01 Å². The number of esters is 1. The van der Waals surface area contributed by atoms with Gasteiger partial charge in [0.15, 0.2) is 6.10 Å². The molecule has 4 heterocycles. The van der Waals surface area contributed by atoms with Crippen LogP contribution in [-0.2, 0) is 33.4 Å². The SMILES string of the molecule is CC1NC(=O)C(C(C)C)OC(=O)C2(/C=C/c3ccc4ccc(nc4c3)[C@@H](C)NC(=O)C3CCCN(N3)C1=O)COCCO2. The standard InChI is InChI=1S/C31H39N5O7/c1-18(2)26-28(38)33-20(4)29(39)36-13-5-6-24(35-36)27(37)32-19(3)23-10-9-22-8-7-21(16-25(22)34-23)11-12-31(30(40)43-26)17-41-14-15-42-31/h7-12,16,18-20,24,26,35H,5-6,13-15,17H2,1-4H3,(H,32,37)(H,33,38)/b12-11+/t19-,20?,24?,26?,31?/m1/s1. The number of benzene rings is 1. The molecule has 43 heavy (non-hydrogen) atoms. The highest BCUT2D eigenvalue weighted by molar-refractivity contribution is 5.92. The van der Waals surface area contributed by atoms with E-state index in [9.17, 15) is 19.2 Å². The fraction of sp³-hybridized carbons (Fsp3) is 0.516. The Hall–Kier alpha value is -3.87. The first kappa shape index (κ1) is 30.6. The van der Waals surface area contributed by atoms with E-state index in [1.54, 1.807) is 32.9 Å². The highest BCUT2D eigenvalue weighted by atomic mass is 16.6. The van der Waals surface area contributed by atoms with Gasteiger partial charge in [-0.3, -0.25) is 24.4 Å². The van der Waals surface area contributed by atoms with Crippen molar-refractivity contribution in [3.05, 3.63) is 47.7 Å². The number of hydrogen-bond acceptors (Lipinski definition) is 9. The van der Waals surface area contributed by atoms with Crippen LogP contribution in [0.1, 0.15) is 57.8 Å². The number of rotatable bonds is 1. The molecular weight excluding hydrogens is 554 g/mol. The number of ether oxygens (including phenoxy) is 3. The number of nitrogens with one attached hydrogen (secondary N) is 3. The maximum Gasteiger partial charge on any atom is 0.345 e. The van der Waals surface area contributed by atoms with Gasteiger partial charge in [-0.25, -0.2) is 10.2 Å². The second-order valence-electron chi connectivity index (χ2n) is 11.7. The Morgan fingerprint density at radius 3 is 2.51 bits per heavy atom. The van der Waals surface area contributed by atoms with Gasteiger partial charge < -0.3 is 24.8 Å². The van der Waals surface area contributed by atoms with Gasteiger partial charge in [-0.1, -0.05) is 38.1 Å². The molecule has 0 aliphatic carbocycles. The van der Waals surface area contributed by atoms with Crippen molar-refractivity contribution < 1.29 is 33.4 Å². The Balaban J connectivity index is 1.53. The molecule has 3 N–H and O–H groups in total. The minimum atomic E-state index is -1.57. The third-order valence-electron chi connectivity index (χ3n) is 7.93. The normalized spacial score (nSPS) is 30.2. The molecule has 3 aliphatic rings. The van der Waals surface area contributed by atoms with Gasteiger partial charge in [0.2, 0.25) is 11.5 Å². The van der Waals surface area contributed by atoms with Gasteiger partial charge in [-0.2, -0.15) is 0 Å². The number of carbonyl (C=O) groups is 4.